The number of rotatable bonds is 4. The number of nitrogen functional groups attached to an aromatic ring is 1. The Morgan fingerprint density at radius 2 is 2.22 bits per heavy atom. The third-order valence-electron chi connectivity index (χ3n) is 2.45. The van der Waals surface area contributed by atoms with Gasteiger partial charge in [0.1, 0.15) is 5.82 Å². The highest BCUT2D eigenvalue weighted by atomic mass is 35.5. The predicted molar refractivity (Wildman–Crippen MR) is 73.4 cm³/mol. The van der Waals surface area contributed by atoms with Gasteiger partial charge >= 0.3 is 0 Å². The van der Waals surface area contributed by atoms with Crippen LogP contribution in [0.3, 0.4) is 0 Å². The number of anilines is 2. The average Bonchev–Trinajstić information content (AvgIpc) is 2.38. The van der Waals surface area contributed by atoms with E-state index in [9.17, 15) is 0 Å². The minimum absolute atomic E-state index is 0.384. The standard InChI is InChI=1S/C12H14ClN5/c1-8-6-16-12(18-14)17-11(8)15-7-9-3-2-4-10(13)5-9/h2-6H,7,14H2,1H3,(H2,15,16,17,18). The van der Waals surface area contributed by atoms with E-state index in [0.717, 1.165) is 22.0 Å². The summed E-state index contributed by atoms with van der Waals surface area (Å²) < 4.78 is 0. The molecule has 5 nitrogen and oxygen atoms in total. The zero-order valence-corrected chi connectivity index (χ0v) is 10.7. The summed E-state index contributed by atoms with van der Waals surface area (Å²) in [6.07, 6.45) is 1.71. The predicted octanol–water partition coefficient (Wildman–Crippen LogP) is 2.34. The van der Waals surface area contributed by atoms with Crippen molar-refractivity contribution in [1.82, 2.24) is 9.97 Å². The van der Waals surface area contributed by atoms with Gasteiger partial charge in [-0.1, -0.05) is 23.7 Å². The van der Waals surface area contributed by atoms with E-state index in [1.54, 1.807) is 6.20 Å². The molecule has 94 valence electrons. The molecule has 0 aliphatic carbocycles. The molecule has 2 rings (SSSR count). The van der Waals surface area contributed by atoms with Crippen molar-refractivity contribution in [3.8, 4) is 0 Å². The molecule has 0 aliphatic rings. The fourth-order valence-electron chi connectivity index (χ4n) is 1.52. The molecule has 0 saturated carbocycles. The molecule has 0 atom stereocenters. The highest BCUT2D eigenvalue weighted by Gasteiger charge is 2.03. The normalized spacial score (nSPS) is 10.2. The Kier molecular flexibility index (Phi) is 3.96. The third kappa shape index (κ3) is 3.09. The number of nitrogens with one attached hydrogen (secondary N) is 2. The van der Waals surface area contributed by atoms with Gasteiger partial charge in [0.05, 0.1) is 0 Å². The molecule has 2 aromatic rings. The minimum atomic E-state index is 0.384. The molecular formula is C12H14ClN5. The van der Waals surface area contributed by atoms with E-state index in [4.69, 9.17) is 17.4 Å². The van der Waals surface area contributed by atoms with Crippen LogP contribution in [-0.4, -0.2) is 9.97 Å². The lowest BCUT2D eigenvalue weighted by Crippen LogP contribution is -2.12. The summed E-state index contributed by atoms with van der Waals surface area (Å²) in [6, 6.07) is 7.67. The molecule has 0 amide bonds. The van der Waals surface area contributed by atoms with Gasteiger partial charge < -0.3 is 5.32 Å². The Morgan fingerprint density at radius 3 is 2.94 bits per heavy atom. The second-order valence-electron chi connectivity index (χ2n) is 3.85. The summed E-state index contributed by atoms with van der Waals surface area (Å²) in [7, 11) is 0. The van der Waals surface area contributed by atoms with Crippen LogP contribution in [-0.2, 0) is 6.54 Å². The van der Waals surface area contributed by atoms with E-state index < -0.39 is 0 Å². The summed E-state index contributed by atoms with van der Waals surface area (Å²) >= 11 is 5.93. The number of nitrogens with two attached hydrogens (primary N) is 1. The fourth-order valence-corrected chi connectivity index (χ4v) is 1.74. The maximum atomic E-state index is 5.93. The Balaban J connectivity index is 2.10. The topological polar surface area (TPSA) is 75.9 Å². The van der Waals surface area contributed by atoms with Crippen LogP contribution in [0.15, 0.2) is 30.5 Å². The molecule has 0 saturated heterocycles. The number of hydrazine groups is 1. The molecule has 1 heterocycles. The van der Waals surface area contributed by atoms with Gasteiger partial charge in [0.25, 0.3) is 0 Å². The van der Waals surface area contributed by atoms with Crippen LogP contribution in [0.25, 0.3) is 0 Å². The van der Waals surface area contributed by atoms with Crippen molar-refractivity contribution in [2.75, 3.05) is 10.7 Å². The van der Waals surface area contributed by atoms with E-state index in [1.165, 1.54) is 0 Å². The number of aryl methyl sites for hydroxylation is 1. The number of halogens is 1. The van der Waals surface area contributed by atoms with E-state index >= 15 is 0 Å². The molecule has 0 bridgehead atoms. The smallest absolute Gasteiger partial charge is 0.239 e. The van der Waals surface area contributed by atoms with Crippen LogP contribution in [0.5, 0.6) is 0 Å². The first kappa shape index (κ1) is 12.6. The summed E-state index contributed by atoms with van der Waals surface area (Å²) in [6.45, 7) is 2.57. The molecule has 1 aromatic heterocycles. The van der Waals surface area contributed by atoms with E-state index in [-0.39, 0.29) is 0 Å². The van der Waals surface area contributed by atoms with Crippen LogP contribution in [0.1, 0.15) is 11.1 Å². The van der Waals surface area contributed by atoms with Crippen molar-refractivity contribution in [2.45, 2.75) is 13.5 Å². The summed E-state index contributed by atoms with van der Waals surface area (Å²) in [5, 5.41) is 3.95. The van der Waals surface area contributed by atoms with Crippen LogP contribution in [0.4, 0.5) is 11.8 Å². The zero-order chi connectivity index (χ0) is 13.0. The molecule has 0 spiro atoms. The van der Waals surface area contributed by atoms with Gasteiger partial charge in [-0.2, -0.15) is 4.98 Å². The highest BCUT2D eigenvalue weighted by molar-refractivity contribution is 6.30. The summed E-state index contributed by atoms with van der Waals surface area (Å²) in [5.74, 6) is 6.41. The molecule has 4 N–H and O–H groups in total. The van der Waals surface area contributed by atoms with Crippen molar-refractivity contribution >= 4 is 23.4 Å². The molecular weight excluding hydrogens is 250 g/mol. The Bertz CT molecular complexity index is 544. The quantitative estimate of drug-likeness (QED) is 0.583. The first-order valence-corrected chi connectivity index (χ1v) is 5.85. The molecule has 0 aliphatic heterocycles. The second-order valence-corrected chi connectivity index (χ2v) is 4.29. The number of benzene rings is 1. The lowest BCUT2D eigenvalue weighted by Gasteiger charge is -2.09. The van der Waals surface area contributed by atoms with E-state index in [2.05, 4.69) is 20.7 Å². The minimum Gasteiger partial charge on any atom is -0.366 e. The molecule has 0 radical (unpaired) electrons. The fraction of sp³-hybridized carbons (Fsp3) is 0.167. The van der Waals surface area contributed by atoms with Gasteiger partial charge in [-0.15, -0.1) is 0 Å². The highest BCUT2D eigenvalue weighted by Crippen LogP contribution is 2.15. The van der Waals surface area contributed by atoms with Crippen LogP contribution < -0.4 is 16.6 Å². The average molecular weight is 264 g/mol. The molecule has 0 fully saturated rings. The van der Waals surface area contributed by atoms with Gasteiger partial charge in [0.2, 0.25) is 5.95 Å². The largest absolute Gasteiger partial charge is 0.366 e. The molecule has 1 aromatic carbocycles. The van der Waals surface area contributed by atoms with Crippen LogP contribution >= 0.6 is 11.6 Å². The van der Waals surface area contributed by atoms with Crippen molar-refractivity contribution in [2.24, 2.45) is 5.84 Å². The van der Waals surface area contributed by atoms with Crippen LogP contribution in [0, 0.1) is 6.92 Å². The number of hydrogen-bond acceptors (Lipinski definition) is 5. The van der Waals surface area contributed by atoms with Gasteiger partial charge in [0.15, 0.2) is 0 Å². The van der Waals surface area contributed by atoms with Crippen molar-refractivity contribution in [3.05, 3.63) is 46.6 Å². The van der Waals surface area contributed by atoms with Gasteiger partial charge in [-0.3, -0.25) is 5.43 Å². The monoisotopic (exact) mass is 263 g/mol. The van der Waals surface area contributed by atoms with Crippen molar-refractivity contribution in [3.63, 3.8) is 0 Å². The maximum absolute atomic E-state index is 5.93. The lowest BCUT2D eigenvalue weighted by atomic mass is 10.2. The van der Waals surface area contributed by atoms with Gasteiger partial charge in [0, 0.05) is 23.3 Å². The second kappa shape index (κ2) is 5.66. The Morgan fingerprint density at radius 1 is 1.39 bits per heavy atom. The first-order valence-electron chi connectivity index (χ1n) is 5.47. The number of aromatic nitrogens is 2. The van der Waals surface area contributed by atoms with Crippen molar-refractivity contribution < 1.29 is 0 Å². The van der Waals surface area contributed by atoms with Gasteiger partial charge in [-0.05, 0) is 24.6 Å². The Labute approximate surface area is 110 Å². The number of hydrogen-bond donors (Lipinski definition) is 3. The zero-order valence-electron chi connectivity index (χ0n) is 9.94. The van der Waals surface area contributed by atoms with Crippen molar-refractivity contribution in [1.29, 1.82) is 0 Å². The molecule has 6 heteroatoms. The summed E-state index contributed by atoms with van der Waals surface area (Å²) in [5.41, 5.74) is 4.46. The van der Waals surface area contributed by atoms with E-state index in [0.29, 0.717) is 12.5 Å². The first-order chi connectivity index (χ1) is 8.69. The van der Waals surface area contributed by atoms with Crippen LogP contribution in [0.2, 0.25) is 5.02 Å². The van der Waals surface area contributed by atoms with Gasteiger partial charge in [-0.25, -0.2) is 10.8 Å². The third-order valence-corrected chi connectivity index (χ3v) is 2.68. The lowest BCUT2D eigenvalue weighted by molar-refractivity contribution is 1.05. The maximum Gasteiger partial charge on any atom is 0.239 e. The number of nitrogens with zero attached hydrogens (tertiary/aromatic N) is 2. The molecule has 0 unspecified atom stereocenters. The van der Waals surface area contributed by atoms with E-state index in [1.807, 2.05) is 31.2 Å². The molecule has 18 heavy (non-hydrogen) atoms. The Hall–Kier alpha value is -1.85. The SMILES string of the molecule is Cc1cnc(NN)nc1NCc1cccc(Cl)c1. The summed E-state index contributed by atoms with van der Waals surface area (Å²) in [4.78, 5) is 8.26.